The number of nitrogens with zero attached hydrogens (tertiary/aromatic N) is 3. The first-order valence-corrected chi connectivity index (χ1v) is 7.41. The van der Waals surface area contributed by atoms with Gasteiger partial charge in [0.25, 0.3) is 0 Å². The van der Waals surface area contributed by atoms with Crippen molar-refractivity contribution < 1.29 is 27.6 Å². The molecule has 0 bridgehead atoms. The Kier molecular flexibility index (Phi) is 5.80. The van der Waals surface area contributed by atoms with Crippen LogP contribution in [-0.2, 0) is 11.3 Å². The number of hydrogen-bond donors (Lipinski definition) is 1. The first-order valence-electron chi connectivity index (χ1n) is 7.41. The summed E-state index contributed by atoms with van der Waals surface area (Å²) in [4.78, 5) is 22.3. The van der Waals surface area contributed by atoms with Gasteiger partial charge in [-0.2, -0.15) is 13.5 Å². The predicted octanol–water partition coefficient (Wildman–Crippen LogP) is 3.12. The van der Waals surface area contributed by atoms with Crippen LogP contribution in [0.3, 0.4) is 0 Å². The van der Waals surface area contributed by atoms with E-state index in [4.69, 9.17) is 0 Å². The Bertz CT molecular complexity index is 825. The van der Waals surface area contributed by atoms with Crippen molar-refractivity contribution in [2.75, 3.05) is 5.32 Å². The molecule has 0 spiro atoms. The first kappa shape index (κ1) is 19.2. The van der Waals surface area contributed by atoms with Crippen LogP contribution < -0.4 is 10.1 Å². The fourth-order valence-corrected chi connectivity index (χ4v) is 2.16. The van der Waals surface area contributed by atoms with E-state index < -0.39 is 34.9 Å². The lowest BCUT2D eigenvalue weighted by molar-refractivity contribution is -0.389. The number of aromatic nitrogens is 2. The molecule has 1 heterocycles. The van der Waals surface area contributed by atoms with Crippen LogP contribution in [0.4, 0.5) is 24.7 Å². The lowest BCUT2D eigenvalue weighted by atomic mass is 10.1. The van der Waals surface area contributed by atoms with Crippen molar-refractivity contribution in [2.45, 2.75) is 27.0 Å². The number of carbonyl (C=O) groups is 1. The Morgan fingerprint density at radius 1 is 1.42 bits per heavy atom. The number of ether oxygens (including phenoxy) is 1. The van der Waals surface area contributed by atoms with Crippen LogP contribution in [0.25, 0.3) is 0 Å². The average molecular weight is 372 g/mol. The molecule has 11 heteroatoms. The minimum atomic E-state index is -3.18. The molecule has 1 amide bonds. The molecule has 0 aliphatic rings. The van der Waals surface area contributed by atoms with E-state index in [2.05, 4.69) is 15.2 Å². The molecule has 0 saturated heterocycles. The molecule has 1 aromatic carbocycles. The number of anilines is 1. The molecule has 1 unspecified atom stereocenters. The number of hydrogen-bond acceptors (Lipinski definition) is 5. The lowest BCUT2D eigenvalue weighted by Gasteiger charge is -2.15. The molecular formula is C15H15F3N4O4. The van der Waals surface area contributed by atoms with Gasteiger partial charge in [-0.3, -0.25) is 4.79 Å². The number of rotatable bonds is 7. The van der Waals surface area contributed by atoms with Gasteiger partial charge in [0.15, 0.2) is 5.75 Å². The van der Waals surface area contributed by atoms with Gasteiger partial charge in [0.2, 0.25) is 5.91 Å². The Hall–Kier alpha value is -3.11. The highest BCUT2D eigenvalue weighted by Gasteiger charge is 2.22. The van der Waals surface area contributed by atoms with Gasteiger partial charge in [-0.15, -0.1) is 0 Å². The number of aryl methyl sites for hydroxylation is 1. The zero-order valence-electron chi connectivity index (χ0n) is 13.8. The van der Waals surface area contributed by atoms with Crippen molar-refractivity contribution in [3.05, 3.63) is 45.9 Å². The fraction of sp³-hybridized carbons (Fsp3) is 0.333. The van der Waals surface area contributed by atoms with Gasteiger partial charge in [-0.1, -0.05) is 6.92 Å². The van der Waals surface area contributed by atoms with Gasteiger partial charge in [0, 0.05) is 6.07 Å². The molecule has 2 aromatic rings. The van der Waals surface area contributed by atoms with Crippen LogP contribution in [0.1, 0.15) is 12.6 Å². The van der Waals surface area contributed by atoms with Crippen LogP contribution in [0.2, 0.25) is 0 Å². The fourth-order valence-electron chi connectivity index (χ4n) is 2.16. The highest BCUT2D eigenvalue weighted by Crippen LogP contribution is 2.27. The maximum absolute atomic E-state index is 13.2. The summed E-state index contributed by atoms with van der Waals surface area (Å²) in [5, 5.41) is 16.9. The van der Waals surface area contributed by atoms with Gasteiger partial charge in [-0.25, -0.2) is 4.39 Å². The van der Waals surface area contributed by atoms with E-state index in [9.17, 15) is 28.1 Å². The van der Waals surface area contributed by atoms with Crippen molar-refractivity contribution in [1.82, 2.24) is 9.78 Å². The second kappa shape index (κ2) is 7.85. The minimum Gasteiger partial charge on any atom is -0.432 e. The Morgan fingerprint density at radius 3 is 2.69 bits per heavy atom. The van der Waals surface area contributed by atoms with E-state index in [1.807, 2.05) is 0 Å². The molecule has 1 atom stereocenters. The molecule has 0 radical (unpaired) electrons. The first-order chi connectivity index (χ1) is 12.2. The second-order valence-corrected chi connectivity index (χ2v) is 5.49. The SMILES string of the molecule is Cc1cc([N+](=O)[O-])nn1CC(C)C(=O)Nc1ccc(F)cc1OC(F)F. The Morgan fingerprint density at radius 2 is 2.12 bits per heavy atom. The van der Waals surface area contributed by atoms with Gasteiger partial charge >= 0.3 is 12.4 Å². The third kappa shape index (κ3) is 4.71. The Balaban J connectivity index is 2.11. The van der Waals surface area contributed by atoms with E-state index in [-0.39, 0.29) is 18.1 Å². The van der Waals surface area contributed by atoms with E-state index >= 15 is 0 Å². The van der Waals surface area contributed by atoms with Crippen LogP contribution in [0.5, 0.6) is 5.75 Å². The molecular weight excluding hydrogens is 357 g/mol. The van der Waals surface area contributed by atoms with Gasteiger partial charge < -0.3 is 20.2 Å². The standard InChI is InChI=1S/C15H15F3N4O4/c1-8(7-21-9(2)5-13(20-21)22(24)25)14(23)19-11-4-3-10(16)6-12(11)26-15(17)18/h3-6,8,15H,7H2,1-2H3,(H,19,23). The quantitative estimate of drug-likeness (QED) is 0.595. The van der Waals surface area contributed by atoms with Crippen molar-refractivity contribution in [2.24, 2.45) is 5.92 Å². The molecule has 0 aliphatic carbocycles. The third-order valence-electron chi connectivity index (χ3n) is 3.47. The maximum atomic E-state index is 13.2. The summed E-state index contributed by atoms with van der Waals surface area (Å²) >= 11 is 0. The summed E-state index contributed by atoms with van der Waals surface area (Å²) in [7, 11) is 0. The molecule has 0 saturated carbocycles. The number of alkyl halides is 2. The highest BCUT2D eigenvalue weighted by atomic mass is 19.3. The summed E-state index contributed by atoms with van der Waals surface area (Å²) in [6.07, 6.45) is 0. The van der Waals surface area contributed by atoms with Crippen molar-refractivity contribution in [3.63, 3.8) is 0 Å². The normalized spacial score (nSPS) is 12.1. The summed E-state index contributed by atoms with van der Waals surface area (Å²) in [5.41, 5.74) is 0.367. The van der Waals surface area contributed by atoms with Crippen LogP contribution in [0.15, 0.2) is 24.3 Å². The number of halogens is 3. The highest BCUT2D eigenvalue weighted by molar-refractivity contribution is 5.93. The maximum Gasteiger partial charge on any atom is 0.390 e. The average Bonchev–Trinajstić information content (AvgIpc) is 2.90. The monoisotopic (exact) mass is 372 g/mol. The molecule has 1 aromatic heterocycles. The largest absolute Gasteiger partial charge is 0.432 e. The van der Waals surface area contributed by atoms with Crippen LogP contribution >= 0.6 is 0 Å². The number of carbonyl (C=O) groups excluding carboxylic acids is 1. The molecule has 8 nitrogen and oxygen atoms in total. The number of nitro groups is 1. The van der Waals surface area contributed by atoms with E-state index in [0.717, 1.165) is 18.2 Å². The molecule has 140 valence electrons. The van der Waals surface area contributed by atoms with E-state index in [0.29, 0.717) is 5.69 Å². The zero-order valence-corrected chi connectivity index (χ0v) is 13.8. The smallest absolute Gasteiger partial charge is 0.390 e. The molecule has 0 fully saturated rings. The summed E-state index contributed by atoms with van der Waals surface area (Å²) in [6, 6.07) is 4.08. The van der Waals surface area contributed by atoms with Crippen LogP contribution in [0, 0.1) is 28.8 Å². The Labute approximate surface area is 145 Å². The number of benzene rings is 1. The molecule has 26 heavy (non-hydrogen) atoms. The summed E-state index contributed by atoms with van der Waals surface area (Å²) in [6.45, 7) is -0.0340. The number of nitrogens with one attached hydrogen (secondary N) is 1. The predicted molar refractivity (Wildman–Crippen MR) is 84.4 cm³/mol. The van der Waals surface area contributed by atoms with Crippen molar-refractivity contribution >= 4 is 17.4 Å². The molecule has 0 aliphatic heterocycles. The lowest BCUT2D eigenvalue weighted by Crippen LogP contribution is -2.25. The topological polar surface area (TPSA) is 99.3 Å². The van der Waals surface area contributed by atoms with Crippen molar-refractivity contribution in [1.29, 1.82) is 0 Å². The van der Waals surface area contributed by atoms with Gasteiger partial charge in [0.1, 0.15) is 5.82 Å². The second-order valence-electron chi connectivity index (χ2n) is 5.49. The number of amides is 1. The summed E-state index contributed by atoms with van der Waals surface area (Å²) in [5.74, 6) is -2.94. The summed E-state index contributed by atoms with van der Waals surface area (Å²) < 4.78 is 43.5. The zero-order chi connectivity index (χ0) is 19.4. The van der Waals surface area contributed by atoms with Crippen LogP contribution in [-0.4, -0.2) is 27.2 Å². The van der Waals surface area contributed by atoms with Crippen molar-refractivity contribution in [3.8, 4) is 5.75 Å². The third-order valence-corrected chi connectivity index (χ3v) is 3.47. The van der Waals surface area contributed by atoms with Gasteiger partial charge in [0.05, 0.1) is 35.0 Å². The van der Waals surface area contributed by atoms with E-state index in [1.54, 1.807) is 6.92 Å². The van der Waals surface area contributed by atoms with E-state index in [1.165, 1.54) is 17.7 Å². The molecule has 1 N–H and O–H groups in total. The molecule has 2 rings (SSSR count). The minimum absolute atomic E-state index is 0.0255. The van der Waals surface area contributed by atoms with Gasteiger partial charge in [-0.05, 0) is 24.0 Å².